The topological polar surface area (TPSA) is 56.9 Å². The van der Waals surface area contributed by atoms with Crippen molar-refractivity contribution in [3.63, 3.8) is 0 Å². The third-order valence-corrected chi connectivity index (χ3v) is 4.90. The number of para-hydroxylation sites is 1. The lowest BCUT2D eigenvalue weighted by molar-refractivity contribution is -0.126. The molecule has 1 unspecified atom stereocenters. The molecule has 3 N–H and O–H groups in total. The largest absolute Gasteiger partial charge is 0.361 e. The lowest BCUT2D eigenvalue weighted by Crippen LogP contribution is -2.49. The number of rotatable bonds is 6. The highest BCUT2D eigenvalue weighted by Gasteiger charge is 2.28. The number of fused-ring (bicyclic) bond motifs is 1. The van der Waals surface area contributed by atoms with E-state index in [0.29, 0.717) is 12.5 Å². The number of carbonyl (C=O) groups is 1. The Labute approximate surface area is 143 Å². The minimum atomic E-state index is 0. The van der Waals surface area contributed by atoms with E-state index in [1.165, 1.54) is 22.0 Å². The summed E-state index contributed by atoms with van der Waals surface area (Å²) in [5.74, 6) is 0.789. The molecule has 0 bridgehead atoms. The summed E-state index contributed by atoms with van der Waals surface area (Å²) < 4.78 is 0. The van der Waals surface area contributed by atoms with Crippen LogP contribution in [0.4, 0.5) is 0 Å². The first-order valence-corrected chi connectivity index (χ1v) is 8.27. The maximum absolute atomic E-state index is 12.1. The molecule has 1 amide bonds. The molecule has 1 atom stereocenters. The van der Waals surface area contributed by atoms with Crippen molar-refractivity contribution in [2.75, 3.05) is 19.6 Å². The van der Waals surface area contributed by atoms with Crippen molar-refractivity contribution in [1.82, 2.24) is 15.6 Å². The second-order valence-corrected chi connectivity index (χ2v) is 6.26. The summed E-state index contributed by atoms with van der Waals surface area (Å²) in [6.07, 6.45) is 3.98. The maximum Gasteiger partial charge on any atom is 0.223 e. The smallest absolute Gasteiger partial charge is 0.223 e. The molecule has 1 saturated heterocycles. The fourth-order valence-corrected chi connectivity index (χ4v) is 3.14. The molecule has 2 aromatic rings. The van der Waals surface area contributed by atoms with E-state index in [1.807, 2.05) is 6.92 Å². The van der Waals surface area contributed by atoms with Crippen LogP contribution in [0.1, 0.15) is 25.0 Å². The lowest BCUT2D eigenvalue weighted by atomic mass is 9.88. The van der Waals surface area contributed by atoms with Gasteiger partial charge >= 0.3 is 0 Å². The molecule has 3 rings (SSSR count). The van der Waals surface area contributed by atoms with Crippen LogP contribution in [-0.2, 0) is 17.6 Å². The van der Waals surface area contributed by atoms with Crippen molar-refractivity contribution < 1.29 is 4.79 Å². The first-order valence-electron chi connectivity index (χ1n) is 8.27. The summed E-state index contributed by atoms with van der Waals surface area (Å²) in [7, 11) is 0. The van der Waals surface area contributed by atoms with Crippen molar-refractivity contribution >= 4 is 29.2 Å². The molecule has 1 aliphatic rings. The van der Waals surface area contributed by atoms with Crippen molar-refractivity contribution in [2.45, 2.75) is 26.7 Å². The van der Waals surface area contributed by atoms with Gasteiger partial charge in [-0.3, -0.25) is 4.79 Å². The number of amides is 1. The third kappa shape index (κ3) is 3.70. The van der Waals surface area contributed by atoms with Gasteiger partial charge in [0.25, 0.3) is 0 Å². The molecule has 1 aromatic carbocycles. The summed E-state index contributed by atoms with van der Waals surface area (Å²) >= 11 is 0. The van der Waals surface area contributed by atoms with Crippen LogP contribution < -0.4 is 10.6 Å². The van der Waals surface area contributed by atoms with Crippen LogP contribution in [0, 0.1) is 11.8 Å². The first-order chi connectivity index (χ1) is 10.7. The minimum Gasteiger partial charge on any atom is -0.361 e. The maximum atomic E-state index is 12.1. The number of hydrogen-bond donors (Lipinski definition) is 3. The van der Waals surface area contributed by atoms with Gasteiger partial charge in [0.05, 0.1) is 0 Å². The molecule has 0 saturated carbocycles. The Hall–Kier alpha value is -1.52. The molecule has 23 heavy (non-hydrogen) atoms. The van der Waals surface area contributed by atoms with E-state index in [0.717, 1.165) is 25.9 Å². The highest BCUT2D eigenvalue weighted by Crippen LogP contribution is 2.22. The van der Waals surface area contributed by atoms with Gasteiger partial charge in [-0.2, -0.15) is 0 Å². The second-order valence-electron chi connectivity index (χ2n) is 6.26. The molecular weight excluding hydrogens is 310 g/mol. The van der Waals surface area contributed by atoms with Gasteiger partial charge in [0.1, 0.15) is 0 Å². The van der Waals surface area contributed by atoms with Gasteiger partial charge in [0.2, 0.25) is 5.91 Å². The van der Waals surface area contributed by atoms with Crippen molar-refractivity contribution in [1.29, 1.82) is 0 Å². The normalized spacial score (nSPS) is 15.7. The monoisotopic (exact) mass is 335 g/mol. The zero-order valence-corrected chi connectivity index (χ0v) is 14.6. The Kier molecular flexibility index (Phi) is 6.08. The standard InChI is InChI=1S/C18H25N3O.ClH/c1-3-13-5-4-6-16-14(11-21-17(13)16)7-8-20-18(22)12(2)15-9-19-10-15;/h4-6,11-12,15,19,21H,3,7-10H2,1-2H3,(H,20,22);1H. The Bertz CT molecular complexity index is 663. The van der Waals surface area contributed by atoms with Gasteiger partial charge < -0.3 is 15.6 Å². The predicted molar refractivity (Wildman–Crippen MR) is 97.2 cm³/mol. The number of hydrogen-bond acceptors (Lipinski definition) is 2. The summed E-state index contributed by atoms with van der Waals surface area (Å²) in [5.41, 5.74) is 3.86. The lowest BCUT2D eigenvalue weighted by Gasteiger charge is -2.31. The molecule has 0 radical (unpaired) electrons. The van der Waals surface area contributed by atoms with Crippen LogP contribution in [0.25, 0.3) is 10.9 Å². The quantitative estimate of drug-likeness (QED) is 0.760. The van der Waals surface area contributed by atoms with Crippen LogP contribution in [0.2, 0.25) is 0 Å². The number of carbonyl (C=O) groups excluding carboxylic acids is 1. The van der Waals surface area contributed by atoms with Gasteiger partial charge in [0.15, 0.2) is 0 Å². The molecule has 1 aromatic heterocycles. The summed E-state index contributed by atoms with van der Waals surface area (Å²) in [6.45, 7) is 6.84. The highest BCUT2D eigenvalue weighted by molar-refractivity contribution is 5.86. The molecule has 0 spiro atoms. The summed E-state index contributed by atoms with van der Waals surface area (Å²) in [4.78, 5) is 15.5. The zero-order chi connectivity index (χ0) is 15.5. The first kappa shape index (κ1) is 17.8. The van der Waals surface area contributed by atoms with Crippen molar-refractivity contribution in [3.8, 4) is 0 Å². The minimum absolute atomic E-state index is 0. The van der Waals surface area contributed by atoms with Crippen LogP contribution in [-0.4, -0.2) is 30.5 Å². The molecule has 2 heterocycles. The van der Waals surface area contributed by atoms with Gasteiger partial charge in [-0.1, -0.05) is 32.0 Å². The predicted octanol–water partition coefficient (Wildman–Crippen LogP) is 2.67. The Morgan fingerprint density at radius 3 is 2.78 bits per heavy atom. The van der Waals surface area contributed by atoms with Crippen LogP contribution in [0.15, 0.2) is 24.4 Å². The number of halogens is 1. The van der Waals surface area contributed by atoms with Crippen LogP contribution in [0.3, 0.4) is 0 Å². The fourth-order valence-electron chi connectivity index (χ4n) is 3.14. The van der Waals surface area contributed by atoms with Gasteiger partial charge in [-0.15, -0.1) is 12.4 Å². The molecular formula is C18H26ClN3O. The SMILES string of the molecule is CCc1cccc2c(CCNC(=O)C(C)C3CNC3)c[nH]c12.Cl. The fraction of sp³-hybridized carbons (Fsp3) is 0.500. The van der Waals surface area contributed by atoms with E-state index in [2.05, 4.69) is 46.9 Å². The molecule has 4 nitrogen and oxygen atoms in total. The molecule has 126 valence electrons. The van der Waals surface area contributed by atoms with E-state index < -0.39 is 0 Å². The number of nitrogens with one attached hydrogen (secondary N) is 3. The second kappa shape index (κ2) is 7.84. The van der Waals surface area contributed by atoms with Crippen molar-refractivity contribution in [2.24, 2.45) is 11.8 Å². The Morgan fingerprint density at radius 1 is 1.35 bits per heavy atom. The zero-order valence-electron chi connectivity index (χ0n) is 13.8. The number of benzene rings is 1. The number of H-pyrrole nitrogens is 1. The van der Waals surface area contributed by atoms with Crippen LogP contribution >= 0.6 is 12.4 Å². The van der Waals surface area contributed by atoms with E-state index >= 15 is 0 Å². The number of aryl methyl sites for hydroxylation is 1. The molecule has 1 fully saturated rings. The van der Waals surface area contributed by atoms with Gasteiger partial charge in [-0.25, -0.2) is 0 Å². The highest BCUT2D eigenvalue weighted by atomic mass is 35.5. The van der Waals surface area contributed by atoms with E-state index in [4.69, 9.17) is 0 Å². The number of aromatic nitrogens is 1. The van der Waals surface area contributed by atoms with Gasteiger partial charge in [-0.05, 0) is 43.0 Å². The molecule has 5 heteroatoms. The van der Waals surface area contributed by atoms with E-state index in [-0.39, 0.29) is 24.2 Å². The summed E-state index contributed by atoms with van der Waals surface area (Å²) in [6, 6.07) is 6.44. The van der Waals surface area contributed by atoms with E-state index in [1.54, 1.807) is 0 Å². The van der Waals surface area contributed by atoms with Gasteiger partial charge in [0, 0.05) is 29.6 Å². The Balaban J connectivity index is 0.00000192. The molecule has 0 aliphatic carbocycles. The average Bonchev–Trinajstić information content (AvgIpc) is 2.88. The van der Waals surface area contributed by atoms with Crippen LogP contribution in [0.5, 0.6) is 0 Å². The third-order valence-electron chi connectivity index (χ3n) is 4.90. The van der Waals surface area contributed by atoms with E-state index in [9.17, 15) is 4.79 Å². The molecule has 1 aliphatic heterocycles. The average molecular weight is 336 g/mol. The Morgan fingerprint density at radius 2 is 2.13 bits per heavy atom. The van der Waals surface area contributed by atoms with Crippen molar-refractivity contribution in [3.05, 3.63) is 35.5 Å². The summed E-state index contributed by atoms with van der Waals surface area (Å²) in [5, 5.41) is 7.59. The number of aromatic amines is 1.